The van der Waals surface area contributed by atoms with Crippen LogP contribution in [0.25, 0.3) is 11.2 Å². The Bertz CT molecular complexity index is 366. The van der Waals surface area contributed by atoms with E-state index in [1.165, 1.54) is 0 Å². The molecule has 2 aromatic rings. The van der Waals surface area contributed by atoms with Crippen molar-refractivity contribution in [3.05, 3.63) is 12.5 Å². The molecule has 0 unspecified atom stereocenters. The van der Waals surface area contributed by atoms with E-state index in [-0.39, 0.29) is 0 Å². The largest absolute Gasteiger partial charge is 0.385 e. The van der Waals surface area contributed by atoms with E-state index in [1.54, 1.807) is 12.5 Å². The molecule has 0 fully saturated rings. The summed E-state index contributed by atoms with van der Waals surface area (Å²) in [6.45, 7) is 0. The molecular formula is C6H7N5. The highest BCUT2D eigenvalue weighted by atomic mass is 15.2. The number of hydrogen-bond acceptors (Lipinski definition) is 4. The summed E-state index contributed by atoms with van der Waals surface area (Å²) < 4.78 is 0. The van der Waals surface area contributed by atoms with Gasteiger partial charge in [0, 0.05) is 7.05 Å². The van der Waals surface area contributed by atoms with Gasteiger partial charge in [0.1, 0.15) is 5.52 Å². The van der Waals surface area contributed by atoms with E-state index in [0.717, 1.165) is 11.2 Å². The van der Waals surface area contributed by atoms with Crippen molar-refractivity contribution in [2.24, 2.45) is 0 Å². The fraction of sp³-hybridized carbons (Fsp3) is 0.167. The molecule has 2 N–H and O–H groups in total. The Morgan fingerprint density at radius 2 is 2.45 bits per heavy atom. The molecule has 2 heterocycles. The minimum Gasteiger partial charge on any atom is -0.385 e. The zero-order valence-corrected chi connectivity index (χ0v) is 6.00. The standard InChI is InChI=1S/C6H7N5/c1-7-4-2-10-11-6-5(4)8-3-9-6/h2-3H,1H3,(H2,7,8,9,11). The fourth-order valence-corrected chi connectivity index (χ4v) is 0.949. The smallest absolute Gasteiger partial charge is 0.181 e. The van der Waals surface area contributed by atoms with E-state index in [9.17, 15) is 0 Å². The number of rotatable bonds is 1. The summed E-state index contributed by atoms with van der Waals surface area (Å²) in [4.78, 5) is 6.94. The van der Waals surface area contributed by atoms with Crippen LogP contribution >= 0.6 is 0 Å². The lowest BCUT2D eigenvalue weighted by Gasteiger charge is -1.96. The number of hydrogen-bond donors (Lipinski definition) is 2. The van der Waals surface area contributed by atoms with Crippen molar-refractivity contribution in [1.29, 1.82) is 0 Å². The minimum absolute atomic E-state index is 0.705. The third-order valence-electron chi connectivity index (χ3n) is 1.49. The molecule has 11 heavy (non-hydrogen) atoms. The van der Waals surface area contributed by atoms with Gasteiger partial charge >= 0.3 is 0 Å². The third-order valence-corrected chi connectivity index (χ3v) is 1.49. The first-order valence-electron chi connectivity index (χ1n) is 3.24. The topological polar surface area (TPSA) is 66.5 Å². The van der Waals surface area contributed by atoms with Crippen molar-refractivity contribution < 1.29 is 0 Å². The molecular weight excluding hydrogens is 142 g/mol. The lowest BCUT2D eigenvalue weighted by atomic mass is 10.4. The number of nitrogens with zero attached hydrogens (tertiary/aromatic N) is 3. The predicted molar refractivity (Wildman–Crippen MR) is 41.2 cm³/mol. The maximum Gasteiger partial charge on any atom is 0.181 e. The highest BCUT2D eigenvalue weighted by molar-refractivity contribution is 5.83. The lowest BCUT2D eigenvalue weighted by molar-refractivity contribution is 1.06. The van der Waals surface area contributed by atoms with Crippen LogP contribution < -0.4 is 5.32 Å². The van der Waals surface area contributed by atoms with Crippen molar-refractivity contribution in [3.8, 4) is 0 Å². The average molecular weight is 149 g/mol. The number of anilines is 1. The summed E-state index contributed by atoms with van der Waals surface area (Å²) >= 11 is 0. The van der Waals surface area contributed by atoms with Crippen LogP contribution in [0.15, 0.2) is 12.5 Å². The molecule has 5 nitrogen and oxygen atoms in total. The second-order valence-corrected chi connectivity index (χ2v) is 2.11. The van der Waals surface area contributed by atoms with Gasteiger partial charge in [0.15, 0.2) is 5.65 Å². The average Bonchev–Trinajstić information content (AvgIpc) is 2.50. The molecule has 0 aliphatic carbocycles. The predicted octanol–water partition coefficient (Wildman–Crippen LogP) is 0.395. The number of nitrogens with one attached hydrogen (secondary N) is 2. The Balaban J connectivity index is 2.79. The zero-order valence-electron chi connectivity index (χ0n) is 6.00. The van der Waals surface area contributed by atoms with E-state index in [0.29, 0.717) is 5.65 Å². The molecule has 56 valence electrons. The molecule has 0 spiro atoms. The second kappa shape index (κ2) is 2.19. The van der Waals surface area contributed by atoms with Gasteiger partial charge in [-0.1, -0.05) is 0 Å². The van der Waals surface area contributed by atoms with E-state index >= 15 is 0 Å². The molecule has 2 aromatic heterocycles. The summed E-state index contributed by atoms with van der Waals surface area (Å²) in [6, 6.07) is 0. The number of H-pyrrole nitrogens is 1. The first-order valence-corrected chi connectivity index (χ1v) is 3.24. The molecule has 0 aromatic carbocycles. The van der Waals surface area contributed by atoms with Gasteiger partial charge in [-0.25, -0.2) is 4.98 Å². The van der Waals surface area contributed by atoms with Crippen LogP contribution in [0.1, 0.15) is 0 Å². The summed E-state index contributed by atoms with van der Waals surface area (Å²) in [5, 5.41) is 10.6. The van der Waals surface area contributed by atoms with Gasteiger partial charge in [0.2, 0.25) is 0 Å². The van der Waals surface area contributed by atoms with Gasteiger partial charge in [0.05, 0.1) is 18.2 Å². The Labute approximate surface area is 62.9 Å². The van der Waals surface area contributed by atoms with Gasteiger partial charge in [-0.2, -0.15) is 5.10 Å². The number of fused-ring (bicyclic) bond motifs is 1. The molecule has 5 heteroatoms. The minimum atomic E-state index is 0.705. The molecule has 0 aliphatic rings. The highest BCUT2D eigenvalue weighted by Crippen LogP contribution is 2.14. The molecule has 0 amide bonds. The van der Waals surface area contributed by atoms with E-state index in [4.69, 9.17) is 0 Å². The second-order valence-electron chi connectivity index (χ2n) is 2.11. The van der Waals surface area contributed by atoms with Gasteiger partial charge in [-0.05, 0) is 0 Å². The van der Waals surface area contributed by atoms with Gasteiger partial charge in [-0.15, -0.1) is 5.10 Å². The van der Waals surface area contributed by atoms with Crippen LogP contribution in [-0.4, -0.2) is 27.2 Å². The Morgan fingerprint density at radius 1 is 1.55 bits per heavy atom. The van der Waals surface area contributed by atoms with Crippen molar-refractivity contribution in [3.63, 3.8) is 0 Å². The highest BCUT2D eigenvalue weighted by Gasteiger charge is 2.01. The Morgan fingerprint density at radius 3 is 3.27 bits per heavy atom. The third kappa shape index (κ3) is 0.813. The molecule has 0 bridgehead atoms. The van der Waals surface area contributed by atoms with Gasteiger partial charge < -0.3 is 10.3 Å². The summed E-state index contributed by atoms with van der Waals surface area (Å²) in [6.07, 6.45) is 3.24. The molecule has 0 aliphatic heterocycles. The monoisotopic (exact) mass is 149 g/mol. The van der Waals surface area contributed by atoms with Gasteiger partial charge in [0.25, 0.3) is 0 Å². The molecule has 2 rings (SSSR count). The van der Waals surface area contributed by atoms with Crippen molar-refractivity contribution in [2.45, 2.75) is 0 Å². The number of aromatic nitrogens is 4. The lowest BCUT2D eigenvalue weighted by Crippen LogP contribution is -1.92. The summed E-state index contributed by atoms with van der Waals surface area (Å²) in [5.74, 6) is 0. The van der Waals surface area contributed by atoms with Crippen LogP contribution in [0, 0.1) is 0 Å². The van der Waals surface area contributed by atoms with Crippen LogP contribution in [0.2, 0.25) is 0 Å². The first kappa shape index (κ1) is 6.09. The molecule has 0 atom stereocenters. The van der Waals surface area contributed by atoms with Crippen molar-refractivity contribution in [2.75, 3.05) is 12.4 Å². The summed E-state index contributed by atoms with van der Waals surface area (Å²) in [5.41, 5.74) is 2.41. The van der Waals surface area contributed by atoms with Crippen LogP contribution in [-0.2, 0) is 0 Å². The van der Waals surface area contributed by atoms with E-state index < -0.39 is 0 Å². The first-order chi connectivity index (χ1) is 5.42. The quantitative estimate of drug-likeness (QED) is 0.615. The number of aromatic amines is 1. The normalized spacial score (nSPS) is 10.3. The Kier molecular flexibility index (Phi) is 1.21. The molecule has 0 radical (unpaired) electrons. The maximum atomic E-state index is 4.07. The van der Waals surface area contributed by atoms with Crippen LogP contribution in [0.5, 0.6) is 0 Å². The molecule has 0 saturated carbocycles. The number of imidazole rings is 1. The van der Waals surface area contributed by atoms with E-state index in [2.05, 4.69) is 25.5 Å². The van der Waals surface area contributed by atoms with Crippen LogP contribution in [0.4, 0.5) is 5.69 Å². The zero-order chi connectivity index (χ0) is 7.68. The SMILES string of the molecule is CNc1cnnc2[nH]cnc12. The maximum absolute atomic E-state index is 4.07. The van der Waals surface area contributed by atoms with Crippen LogP contribution in [0.3, 0.4) is 0 Å². The summed E-state index contributed by atoms with van der Waals surface area (Å²) in [7, 11) is 1.82. The Hall–Kier alpha value is -1.65. The van der Waals surface area contributed by atoms with Crippen molar-refractivity contribution >= 4 is 16.9 Å². The fourth-order valence-electron chi connectivity index (χ4n) is 0.949. The van der Waals surface area contributed by atoms with Crippen molar-refractivity contribution in [1.82, 2.24) is 20.2 Å². The van der Waals surface area contributed by atoms with E-state index in [1.807, 2.05) is 7.05 Å². The van der Waals surface area contributed by atoms with Gasteiger partial charge in [-0.3, -0.25) is 0 Å². The molecule has 0 saturated heterocycles.